The Morgan fingerprint density at radius 3 is 2.33 bits per heavy atom. The molecule has 5 atom stereocenters. The molecule has 39 heavy (non-hydrogen) atoms. The molecular formula is C28H27BrCl3F4NO2. The summed E-state index contributed by atoms with van der Waals surface area (Å²) in [5.41, 5.74) is -3.18. The molecular weight excluding hydrogens is 645 g/mol. The van der Waals surface area contributed by atoms with Crippen LogP contribution >= 0.6 is 50.7 Å². The van der Waals surface area contributed by atoms with Crippen LogP contribution in [0.25, 0.3) is 0 Å². The molecule has 1 saturated carbocycles. The van der Waals surface area contributed by atoms with Gasteiger partial charge in [-0.1, -0.05) is 68.1 Å². The van der Waals surface area contributed by atoms with E-state index in [0.29, 0.717) is 6.42 Å². The van der Waals surface area contributed by atoms with Gasteiger partial charge in [-0.05, 0) is 81.9 Å². The van der Waals surface area contributed by atoms with Gasteiger partial charge in [0, 0.05) is 0 Å². The van der Waals surface area contributed by atoms with Gasteiger partial charge in [0.15, 0.2) is 0 Å². The van der Waals surface area contributed by atoms with Gasteiger partial charge in [0.2, 0.25) is 0 Å². The maximum Gasteiger partial charge on any atom is 0.401 e. The van der Waals surface area contributed by atoms with Crippen LogP contribution < -0.4 is 0 Å². The molecule has 2 aromatic rings. The van der Waals surface area contributed by atoms with Gasteiger partial charge in [0.25, 0.3) is 0 Å². The second-order valence-electron chi connectivity index (χ2n) is 10.8. The predicted molar refractivity (Wildman–Crippen MR) is 149 cm³/mol. The maximum atomic E-state index is 15.3. The monoisotopic (exact) mass is 669 g/mol. The molecule has 1 fully saturated rings. The van der Waals surface area contributed by atoms with E-state index in [1.807, 2.05) is 20.8 Å². The zero-order valence-electron chi connectivity index (χ0n) is 21.4. The van der Waals surface area contributed by atoms with Gasteiger partial charge in [0.05, 0.1) is 31.8 Å². The smallest absolute Gasteiger partial charge is 0.401 e. The van der Waals surface area contributed by atoms with E-state index in [0.717, 1.165) is 31.0 Å². The van der Waals surface area contributed by atoms with Crippen molar-refractivity contribution < 1.29 is 27.1 Å². The number of benzene rings is 2. The number of carbonyl (C=O) groups excluding carboxylic acids is 1. The van der Waals surface area contributed by atoms with Crippen molar-refractivity contribution in [1.29, 1.82) is 0 Å². The van der Waals surface area contributed by atoms with E-state index in [9.17, 15) is 9.18 Å². The molecule has 2 unspecified atom stereocenters. The second-order valence-corrected chi connectivity index (χ2v) is 12.8. The fourth-order valence-corrected chi connectivity index (χ4v) is 6.78. The van der Waals surface area contributed by atoms with E-state index in [-0.39, 0.29) is 54.1 Å². The quantitative estimate of drug-likeness (QED) is 0.181. The van der Waals surface area contributed by atoms with Gasteiger partial charge in [0.1, 0.15) is 23.3 Å². The highest BCUT2D eigenvalue weighted by atomic mass is 79.9. The summed E-state index contributed by atoms with van der Waals surface area (Å²) in [4.78, 5) is 18.3. The molecule has 0 saturated heterocycles. The zero-order valence-corrected chi connectivity index (χ0v) is 25.2. The Hall–Kier alpha value is -1.35. The Kier molecular flexibility index (Phi) is 9.02. The molecule has 2 aliphatic rings. The summed E-state index contributed by atoms with van der Waals surface area (Å²) in [6.45, 7) is 5.24. The third kappa shape index (κ3) is 5.73. The van der Waals surface area contributed by atoms with E-state index < -0.39 is 41.9 Å². The van der Waals surface area contributed by atoms with Gasteiger partial charge in [-0.25, -0.2) is 4.39 Å². The maximum absolute atomic E-state index is 15.3. The number of halogens is 8. The minimum atomic E-state index is -4.98. The summed E-state index contributed by atoms with van der Waals surface area (Å²) >= 11 is 21.5. The van der Waals surface area contributed by atoms with Crippen molar-refractivity contribution >= 4 is 62.4 Å². The number of rotatable bonds is 5. The summed E-state index contributed by atoms with van der Waals surface area (Å²) in [5, 5.41) is -0.473. The molecule has 4 rings (SSSR count). The Labute approximate surface area is 248 Å². The number of alkyl halides is 3. The standard InChI is InChI=1S/C28H27BrCl3F4NO2/c1-13(2)17-6-4-14(3)8-22(17)39-26(38)23-25(15-5-7-21(33)18(29)9-15)37-12-27(23,28(34,35)36)16-10-19(30)24(32)20(31)11-16/h5,7,9-11,13-14,17,22-23H,4,6,8,12H2,1-3H3/t14-,17-,22+,23?,27?/m0/s1. The van der Waals surface area contributed by atoms with Crippen LogP contribution in [0.15, 0.2) is 39.8 Å². The first-order valence-corrected chi connectivity index (χ1v) is 14.5. The normalized spacial score (nSPS) is 27.5. The van der Waals surface area contributed by atoms with E-state index in [2.05, 4.69) is 20.9 Å². The van der Waals surface area contributed by atoms with E-state index in [4.69, 9.17) is 39.5 Å². The molecule has 0 aromatic heterocycles. The lowest BCUT2D eigenvalue weighted by Gasteiger charge is -2.40. The van der Waals surface area contributed by atoms with Gasteiger partial charge in [-0.15, -0.1) is 0 Å². The highest BCUT2D eigenvalue weighted by Gasteiger charge is 2.67. The summed E-state index contributed by atoms with van der Waals surface area (Å²) in [7, 11) is 0. The fraction of sp³-hybridized carbons (Fsp3) is 0.500. The Morgan fingerprint density at radius 1 is 1.13 bits per heavy atom. The average Bonchev–Trinajstić information content (AvgIpc) is 3.26. The molecule has 0 radical (unpaired) electrons. The van der Waals surface area contributed by atoms with E-state index in [1.54, 1.807) is 0 Å². The molecule has 3 nitrogen and oxygen atoms in total. The fourth-order valence-electron chi connectivity index (χ4n) is 5.81. The van der Waals surface area contributed by atoms with Crippen molar-refractivity contribution in [3.05, 3.63) is 66.8 Å². The minimum absolute atomic E-state index is 0.00612. The number of esters is 1. The number of hydrogen-bond acceptors (Lipinski definition) is 3. The Morgan fingerprint density at radius 2 is 1.77 bits per heavy atom. The molecule has 0 bridgehead atoms. The summed E-state index contributed by atoms with van der Waals surface area (Å²) < 4.78 is 65.9. The first kappa shape index (κ1) is 30.6. The lowest BCUT2D eigenvalue weighted by molar-refractivity contribution is -0.204. The molecule has 0 spiro atoms. The number of hydrogen-bond donors (Lipinski definition) is 0. The molecule has 0 N–H and O–H groups in total. The van der Waals surface area contributed by atoms with E-state index in [1.165, 1.54) is 12.1 Å². The third-order valence-corrected chi connectivity index (χ3v) is 9.75. The summed E-state index contributed by atoms with van der Waals surface area (Å²) in [6, 6.07) is 5.85. The van der Waals surface area contributed by atoms with Crippen molar-refractivity contribution in [2.75, 3.05) is 6.54 Å². The Balaban J connectivity index is 1.88. The van der Waals surface area contributed by atoms with Gasteiger partial charge in [-0.2, -0.15) is 13.2 Å². The molecule has 1 aliphatic carbocycles. The molecule has 1 heterocycles. The van der Waals surface area contributed by atoms with Crippen LogP contribution in [0.3, 0.4) is 0 Å². The van der Waals surface area contributed by atoms with Crippen LogP contribution in [-0.2, 0) is 14.9 Å². The third-order valence-electron chi connectivity index (χ3n) is 7.95. The largest absolute Gasteiger partial charge is 0.462 e. The zero-order chi connectivity index (χ0) is 28.9. The van der Waals surface area contributed by atoms with Crippen LogP contribution in [0.5, 0.6) is 0 Å². The molecule has 212 valence electrons. The molecule has 2 aromatic carbocycles. The van der Waals surface area contributed by atoms with Gasteiger partial charge >= 0.3 is 12.1 Å². The summed E-state index contributed by atoms with van der Waals surface area (Å²) in [6.07, 6.45) is -3.22. The van der Waals surface area contributed by atoms with Crippen LogP contribution in [0.2, 0.25) is 15.1 Å². The highest BCUT2D eigenvalue weighted by Crippen LogP contribution is 2.53. The van der Waals surface area contributed by atoms with Crippen LogP contribution in [0, 0.1) is 29.5 Å². The SMILES string of the molecule is CC(C)[C@@H]1CC[C@H](C)C[C@H]1OC(=O)C1C(c2ccc(F)c(Br)c2)=NCC1(c1cc(Cl)c(Cl)c(Cl)c1)C(F)(F)F. The lowest BCUT2D eigenvalue weighted by atomic mass is 9.68. The predicted octanol–water partition coefficient (Wildman–Crippen LogP) is 9.47. The van der Waals surface area contributed by atoms with Crippen molar-refractivity contribution in [3.8, 4) is 0 Å². The molecule has 0 amide bonds. The number of ether oxygens (including phenoxy) is 1. The first-order chi connectivity index (χ1) is 18.2. The first-order valence-electron chi connectivity index (χ1n) is 12.6. The number of carbonyl (C=O) groups is 1. The average molecular weight is 672 g/mol. The van der Waals surface area contributed by atoms with Crippen molar-refractivity contribution in [1.82, 2.24) is 0 Å². The lowest BCUT2D eigenvalue weighted by Crippen LogP contribution is -2.54. The molecule has 1 aliphatic heterocycles. The van der Waals surface area contributed by atoms with Crippen LogP contribution in [0.1, 0.15) is 51.2 Å². The minimum Gasteiger partial charge on any atom is -0.462 e. The number of aliphatic imine (C=N–C) groups is 1. The van der Waals surface area contributed by atoms with E-state index >= 15 is 13.2 Å². The topological polar surface area (TPSA) is 38.7 Å². The van der Waals surface area contributed by atoms with Crippen LogP contribution in [-0.4, -0.2) is 30.5 Å². The highest BCUT2D eigenvalue weighted by molar-refractivity contribution is 9.10. The Bertz CT molecular complexity index is 1280. The van der Waals surface area contributed by atoms with Crippen LogP contribution in [0.4, 0.5) is 17.6 Å². The number of nitrogens with zero attached hydrogens (tertiary/aromatic N) is 1. The molecule has 11 heteroatoms. The van der Waals surface area contributed by atoms with Crippen molar-refractivity contribution in [2.24, 2.45) is 28.7 Å². The van der Waals surface area contributed by atoms with Crippen molar-refractivity contribution in [3.63, 3.8) is 0 Å². The van der Waals surface area contributed by atoms with Crippen molar-refractivity contribution in [2.45, 2.75) is 57.7 Å². The summed E-state index contributed by atoms with van der Waals surface area (Å²) in [5.74, 6) is -3.12. The second kappa shape index (κ2) is 11.5. The van der Waals surface area contributed by atoms with Gasteiger partial charge in [-0.3, -0.25) is 9.79 Å². The van der Waals surface area contributed by atoms with Gasteiger partial charge < -0.3 is 4.74 Å².